The molecule has 9 heavy (non-hydrogen) atoms. The first-order chi connectivity index (χ1) is 4.13. The molecule has 0 aliphatic heterocycles. The van der Waals surface area contributed by atoms with Gasteiger partial charge in [-0.15, -0.1) is 0 Å². The van der Waals surface area contributed by atoms with E-state index in [9.17, 15) is 8.78 Å². The Hall–Kier alpha value is -0.860. The molecule has 1 aromatic rings. The molecular formula is C6H7F2N. The van der Waals surface area contributed by atoms with Crippen LogP contribution < -0.4 is 0 Å². The minimum atomic E-state index is -0.537. The number of nitrogens with zero attached hydrogens (tertiary/aromatic N) is 1. The van der Waals surface area contributed by atoms with Gasteiger partial charge in [-0.2, -0.15) is 4.39 Å². The summed E-state index contributed by atoms with van der Waals surface area (Å²) in [5.74, 6) is -1.03. The van der Waals surface area contributed by atoms with Crippen LogP contribution in [-0.4, -0.2) is 4.57 Å². The van der Waals surface area contributed by atoms with E-state index in [1.165, 1.54) is 14.0 Å². The molecule has 1 rings (SSSR count). The summed E-state index contributed by atoms with van der Waals surface area (Å²) in [6, 6.07) is 0.870. The van der Waals surface area contributed by atoms with Crippen molar-refractivity contribution in [2.24, 2.45) is 7.05 Å². The predicted octanol–water partition coefficient (Wildman–Crippen LogP) is 1.61. The van der Waals surface area contributed by atoms with Crippen LogP contribution >= 0.6 is 0 Å². The molecule has 50 valence electrons. The topological polar surface area (TPSA) is 4.93 Å². The van der Waals surface area contributed by atoms with Crippen molar-refractivity contribution in [3.05, 3.63) is 23.5 Å². The second-order valence-electron chi connectivity index (χ2n) is 1.96. The van der Waals surface area contributed by atoms with Crippen LogP contribution in [0.25, 0.3) is 0 Å². The Morgan fingerprint density at radius 3 is 2.11 bits per heavy atom. The minimum Gasteiger partial charge on any atom is -0.322 e. The molecule has 0 aliphatic carbocycles. The van der Waals surface area contributed by atoms with E-state index in [2.05, 4.69) is 0 Å². The Morgan fingerprint density at radius 2 is 2.00 bits per heavy atom. The van der Waals surface area contributed by atoms with Crippen LogP contribution in [0.3, 0.4) is 0 Å². The van der Waals surface area contributed by atoms with E-state index in [-0.39, 0.29) is 0 Å². The van der Waals surface area contributed by atoms with Crippen LogP contribution in [0, 0.1) is 18.7 Å². The van der Waals surface area contributed by atoms with Crippen molar-refractivity contribution in [1.82, 2.24) is 4.57 Å². The number of halogens is 2. The molecule has 1 aromatic heterocycles. The molecule has 0 aliphatic rings. The van der Waals surface area contributed by atoms with Crippen molar-refractivity contribution >= 4 is 0 Å². The first-order valence-electron chi connectivity index (χ1n) is 2.60. The van der Waals surface area contributed by atoms with E-state index < -0.39 is 11.8 Å². The summed E-state index contributed by atoms with van der Waals surface area (Å²) in [6.07, 6.45) is 0. The first kappa shape index (κ1) is 6.26. The maximum Gasteiger partial charge on any atom is 0.196 e. The molecule has 0 unspecified atom stereocenters. The molecule has 0 N–H and O–H groups in total. The second kappa shape index (κ2) is 1.83. The molecule has 0 amide bonds. The molecule has 0 aromatic carbocycles. The lowest BCUT2D eigenvalue weighted by Gasteiger charge is -1.93. The van der Waals surface area contributed by atoms with E-state index in [0.29, 0.717) is 5.69 Å². The minimum absolute atomic E-state index is 0.326. The van der Waals surface area contributed by atoms with Gasteiger partial charge >= 0.3 is 0 Å². The fourth-order valence-corrected chi connectivity index (χ4v) is 0.626. The van der Waals surface area contributed by atoms with Crippen molar-refractivity contribution in [2.45, 2.75) is 6.92 Å². The molecule has 1 heterocycles. The maximum absolute atomic E-state index is 12.3. The van der Waals surface area contributed by atoms with E-state index in [4.69, 9.17) is 0 Å². The standard InChI is InChI=1S/C6H7F2N/c1-4-5(7)3-6(8)9(4)2/h3H,1-2H3. The zero-order valence-corrected chi connectivity index (χ0v) is 5.28. The molecular weight excluding hydrogens is 124 g/mol. The smallest absolute Gasteiger partial charge is 0.196 e. The molecule has 0 saturated heterocycles. The molecule has 0 saturated carbocycles. The monoisotopic (exact) mass is 131 g/mol. The molecule has 0 bridgehead atoms. The molecule has 0 fully saturated rings. The Morgan fingerprint density at radius 1 is 1.44 bits per heavy atom. The highest BCUT2D eigenvalue weighted by molar-refractivity contribution is 5.08. The average Bonchev–Trinajstić information content (AvgIpc) is 1.98. The fourth-order valence-electron chi connectivity index (χ4n) is 0.626. The van der Waals surface area contributed by atoms with Crippen LogP contribution in [0.5, 0.6) is 0 Å². The highest BCUT2D eigenvalue weighted by atomic mass is 19.1. The Kier molecular flexibility index (Phi) is 1.27. The summed E-state index contributed by atoms with van der Waals surface area (Å²) in [5, 5.41) is 0. The number of aromatic nitrogens is 1. The van der Waals surface area contributed by atoms with Crippen LogP contribution in [-0.2, 0) is 7.05 Å². The van der Waals surface area contributed by atoms with E-state index in [1.807, 2.05) is 0 Å². The van der Waals surface area contributed by atoms with Gasteiger partial charge in [-0.05, 0) is 6.92 Å². The summed E-state index contributed by atoms with van der Waals surface area (Å²) in [7, 11) is 1.48. The van der Waals surface area contributed by atoms with Gasteiger partial charge in [0.2, 0.25) is 0 Å². The van der Waals surface area contributed by atoms with E-state index in [1.54, 1.807) is 0 Å². The second-order valence-corrected chi connectivity index (χ2v) is 1.96. The fraction of sp³-hybridized carbons (Fsp3) is 0.333. The Labute approximate surface area is 51.9 Å². The van der Waals surface area contributed by atoms with E-state index >= 15 is 0 Å². The normalized spacial score (nSPS) is 10.2. The highest BCUT2D eigenvalue weighted by Gasteiger charge is 2.05. The lowest BCUT2D eigenvalue weighted by Crippen LogP contribution is -1.93. The molecule has 1 nitrogen and oxygen atoms in total. The third-order valence-corrected chi connectivity index (χ3v) is 1.42. The lowest BCUT2D eigenvalue weighted by atomic mass is 10.5. The van der Waals surface area contributed by atoms with Gasteiger partial charge in [0, 0.05) is 13.1 Å². The van der Waals surface area contributed by atoms with Gasteiger partial charge in [0.05, 0.1) is 5.69 Å². The molecule has 3 heteroatoms. The van der Waals surface area contributed by atoms with Crippen LogP contribution in [0.15, 0.2) is 6.07 Å². The van der Waals surface area contributed by atoms with Gasteiger partial charge in [0.15, 0.2) is 5.95 Å². The van der Waals surface area contributed by atoms with Gasteiger partial charge in [-0.3, -0.25) is 0 Å². The van der Waals surface area contributed by atoms with E-state index in [0.717, 1.165) is 10.6 Å². The Bertz CT molecular complexity index is 205. The third-order valence-electron chi connectivity index (χ3n) is 1.42. The first-order valence-corrected chi connectivity index (χ1v) is 2.60. The Balaban J connectivity index is 3.29. The van der Waals surface area contributed by atoms with Gasteiger partial charge in [-0.25, -0.2) is 4.39 Å². The SMILES string of the molecule is Cc1c(F)cc(F)n1C. The van der Waals surface area contributed by atoms with Crippen LogP contribution in [0.1, 0.15) is 5.69 Å². The van der Waals surface area contributed by atoms with Crippen molar-refractivity contribution in [3.63, 3.8) is 0 Å². The maximum atomic E-state index is 12.3. The zero-order chi connectivity index (χ0) is 7.02. The van der Waals surface area contributed by atoms with Crippen molar-refractivity contribution < 1.29 is 8.78 Å². The highest BCUT2D eigenvalue weighted by Crippen LogP contribution is 2.08. The largest absolute Gasteiger partial charge is 0.322 e. The van der Waals surface area contributed by atoms with Gasteiger partial charge in [0.25, 0.3) is 0 Å². The quantitative estimate of drug-likeness (QED) is 0.504. The summed E-state index contributed by atoms with van der Waals surface area (Å²) in [4.78, 5) is 0. The summed E-state index contributed by atoms with van der Waals surface area (Å²) >= 11 is 0. The van der Waals surface area contributed by atoms with Crippen molar-refractivity contribution in [3.8, 4) is 0 Å². The summed E-state index contributed by atoms with van der Waals surface area (Å²) in [6.45, 7) is 1.53. The van der Waals surface area contributed by atoms with Crippen molar-refractivity contribution in [1.29, 1.82) is 0 Å². The zero-order valence-electron chi connectivity index (χ0n) is 5.28. The predicted molar refractivity (Wildman–Crippen MR) is 30.1 cm³/mol. The number of hydrogen-bond acceptors (Lipinski definition) is 0. The van der Waals surface area contributed by atoms with Crippen LogP contribution in [0.4, 0.5) is 8.78 Å². The number of hydrogen-bond donors (Lipinski definition) is 0. The third kappa shape index (κ3) is 0.823. The summed E-state index contributed by atoms with van der Waals surface area (Å²) < 4.78 is 25.8. The van der Waals surface area contributed by atoms with Gasteiger partial charge < -0.3 is 4.57 Å². The number of rotatable bonds is 0. The van der Waals surface area contributed by atoms with Gasteiger partial charge in [-0.1, -0.05) is 0 Å². The molecule has 0 radical (unpaired) electrons. The molecule has 0 atom stereocenters. The average molecular weight is 131 g/mol. The molecule has 0 spiro atoms. The van der Waals surface area contributed by atoms with Crippen LogP contribution in [0.2, 0.25) is 0 Å². The van der Waals surface area contributed by atoms with Crippen molar-refractivity contribution in [2.75, 3.05) is 0 Å². The lowest BCUT2D eigenvalue weighted by molar-refractivity contribution is 0.529. The summed E-state index contributed by atoms with van der Waals surface area (Å²) in [5.41, 5.74) is 0.326. The van der Waals surface area contributed by atoms with Gasteiger partial charge in [0.1, 0.15) is 5.82 Å².